The van der Waals surface area contributed by atoms with Gasteiger partial charge in [-0.2, -0.15) is 0 Å². The second kappa shape index (κ2) is 14.0. The Morgan fingerprint density at radius 3 is 2.03 bits per heavy atom. The normalized spacial score (nSPS) is 13.1. The highest BCUT2D eigenvalue weighted by Gasteiger charge is 2.29. The molecule has 7 heteroatoms. The highest BCUT2D eigenvalue weighted by Crippen LogP contribution is 2.27. The minimum absolute atomic E-state index is 0.0279. The van der Waals surface area contributed by atoms with Gasteiger partial charge in [-0.3, -0.25) is 0 Å². The summed E-state index contributed by atoms with van der Waals surface area (Å²) in [6, 6.07) is 24.8. The SMILES string of the molecule is CC(C)[C@H](NC(=O)OC(C)(C)C)C(=O)OCC(Oc1ccccc1)c1ccc(-c2ccc(C=CBr)cc2)cc1. The van der Waals surface area contributed by atoms with Crippen LogP contribution in [0.4, 0.5) is 4.79 Å². The third kappa shape index (κ3) is 9.59. The van der Waals surface area contributed by atoms with Crippen molar-refractivity contribution >= 4 is 34.1 Å². The molecule has 39 heavy (non-hydrogen) atoms. The molecule has 0 saturated heterocycles. The van der Waals surface area contributed by atoms with E-state index in [1.54, 1.807) is 20.8 Å². The van der Waals surface area contributed by atoms with Gasteiger partial charge in [-0.05, 0) is 72.1 Å². The first-order valence-corrected chi connectivity index (χ1v) is 13.8. The predicted molar refractivity (Wildman–Crippen MR) is 159 cm³/mol. The van der Waals surface area contributed by atoms with E-state index in [4.69, 9.17) is 14.2 Å². The van der Waals surface area contributed by atoms with Crippen molar-refractivity contribution in [3.63, 3.8) is 0 Å². The summed E-state index contributed by atoms with van der Waals surface area (Å²) in [6.45, 7) is 8.95. The number of halogens is 1. The van der Waals surface area contributed by atoms with Gasteiger partial charge in [-0.1, -0.05) is 96.5 Å². The van der Waals surface area contributed by atoms with Crippen LogP contribution in [0.3, 0.4) is 0 Å². The molecule has 0 aliphatic rings. The molecule has 0 aliphatic carbocycles. The molecule has 206 valence electrons. The van der Waals surface area contributed by atoms with Gasteiger partial charge in [-0.15, -0.1) is 0 Å². The smallest absolute Gasteiger partial charge is 0.408 e. The lowest BCUT2D eigenvalue weighted by atomic mass is 10.0. The third-order valence-corrected chi connectivity index (χ3v) is 6.04. The standard InChI is InChI=1S/C32H36BrNO5/c1-22(2)29(34-31(36)39-32(3,4)5)30(35)37-21-28(38-27-9-7-6-8-10-27)26-17-15-25(16-18-26)24-13-11-23(12-14-24)19-20-33/h6-20,22,28-29H,21H2,1-5H3,(H,34,36)/t28?,29-/m0/s1. The van der Waals surface area contributed by atoms with Crippen LogP contribution in [0.1, 0.15) is 51.8 Å². The van der Waals surface area contributed by atoms with E-state index in [0.29, 0.717) is 5.75 Å². The molecule has 1 unspecified atom stereocenters. The van der Waals surface area contributed by atoms with Gasteiger partial charge in [0.1, 0.15) is 24.0 Å². The van der Waals surface area contributed by atoms with E-state index in [1.165, 1.54) is 0 Å². The number of alkyl carbamates (subject to hydrolysis) is 1. The van der Waals surface area contributed by atoms with Crippen LogP contribution in [0.2, 0.25) is 0 Å². The molecular weight excluding hydrogens is 558 g/mol. The molecular formula is C32H36BrNO5. The first-order valence-electron chi connectivity index (χ1n) is 12.9. The average Bonchev–Trinajstić information content (AvgIpc) is 2.90. The van der Waals surface area contributed by atoms with E-state index in [9.17, 15) is 9.59 Å². The summed E-state index contributed by atoms with van der Waals surface area (Å²) >= 11 is 3.30. The summed E-state index contributed by atoms with van der Waals surface area (Å²) in [5, 5.41) is 2.64. The lowest BCUT2D eigenvalue weighted by Crippen LogP contribution is -2.47. The van der Waals surface area contributed by atoms with Crippen LogP contribution < -0.4 is 10.1 Å². The van der Waals surface area contributed by atoms with Crippen molar-refractivity contribution in [3.05, 3.63) is 95.0 Å². The van der Waals surface area contributed by atoms with E-state index in [0.717, 1.165) is 22.3 Å². The Morgan fingerprint density at radius 1 is 0.897 bits per heavy atom. The Morgan fingerprint density at radius 2 is 1.49 bits per heavy atom. The van der Waals surface area contributed by atoms with Crippen molar-refractivity contribution in [2.24, 2.45) is 5.92 Å². The van der Waals surface area contributed by atoms with Gasteiger partial charge in [0.2, 0.25) is 0 Å². The van der Waals surface area contributed by atoms with Crippen molar-refractivity contribution in [3.8, 4) is 16.9 Å². The van der Waals surface area contributed by atoms with Crippen LogP contribution in [0.15, 0.2) is 83.8 Å². The maximum atomic E-state index is 13.0. The number of para-hydroxylation sites is 1. The molecule has 1 N–H and O–H groups in total. The predicted octanol–water partition coefficient (Wildman–Crippen LogP) is 7.93. The zero-order valence-electron chi connectivity index (χ0n) is 23.0. The maximum Gasteiger partial charge on any atom is 0.408 e. The van der Waals surface area contributed by atoms with Crippen molar-refractivity contribution in [2.45, 2.75) is 52.4 Å². The van der Waals surface area contributed by atoms with Crippen molar-refractivity contribution in [1.29, 1.82) is 0 Å². The van der Waals surface area contributed by atoms with E-state index in [2.05, 4.69) is 45.5 Å². The number of nitrogens with one attached hydrogen (secondary N) is 1. The highest BCUT2D eigenvalue weighted by atomic mass is 79.9. The summed E-state index contributed by atoms with van der Waals surface area (Å²) < 4.78 is 17.2. The van der Waals surface area contributed by atoms with E-state index < -0.39 is 29.8 Å². The fourth-order valence-corrected chi connectivity index (χ4v) is 4.10. The molecule has 2 atom stereocenters. The minimum Gasteiger partial charge on any atom is -0.482 e. The summed E-state index contributed by atoms with van der Waals surface area (Å²) in [7, 11) is 0. The number of amides is 1. The number of esters is 1. The molecule has 0 aromatic heterocycles. The largest absolute Gasteiger partial charge is 0.482 e. The van der Waals surface area contributed by atoms with Crippen LogP contribution in [-0.2, 0) is 14.3 Å². The van der Waals surface area contributed by atoms with Crippen LogP contribution in [0, 0.1) is 5.92 Å². The molecule has 0 fully saturated rings. The zero-order valence-corrected chi connectivity index (χ0v) is 24.6. The topological polar surface area (TPSA) is 73.9 Å². The van der Waals surface area contributed by atoms with Gasteiger partial charge < -0.3 is 19.5 Å². The summed E-state index contributed by atoms with van der Waals surface area (Å²) in [5.41, 5.74) is 3.43. The molecule has 0 heterocycles. The fourth-order valence-electron chi connectivity index (χ4n) is 3.79. The second-order valence-corrected chi connectivity index (χ2v) is 11.0. The Hall–Kier alpha value is -3.58. The molecule has 0 saturated carbocycles. The molecule has 1 amide bonds. The van der Waals surface area contributed by atoms with Crippen LogP contribution >= 0.6 is 15.9 Å². The monoisotopic (exact) mass is 593 g/mol. The molecule has 3 aromatic carbocycles. The summed E-state index contributed by atoms with van der Waals surface area (Å²) in [6.07, 6.45) is 0.764. The number of benzene rings is 3. The number of hydrogen-bond donors (Lipinski definition) is 1. The summed E-state index contributed by atoms with van der Waals surface area (Å²) in [4.78, 5) is 27.2. The number of rotatable bonds is 10. The number of carbonyl (C=O) groups is 2. The van der Waals surface area contributed by atoms with Crippen molar-refractivity contribution < 1.29 is 23.8 Å². The second-order valence-electron chi connectivity index (χ2n) is 10.5. The maximum absolute atomic E-state index is 13.0. The molecule has 0 spiro atoms. The quantitative estimate of drug-likeness (QED) is 0.241. The molecule has 3 rings (SSSR count). The van der Waals surface area contributed by atoms with Crippen molar-refractivity contribution in [2.75, 3.05) is 6.61 Å². The molecule has 6 nitrogen and oxygen atoms in total. The first-order chi connectivity index (χ1) is 18.6. The Kier molecular flexibility index (Phi) is 10.8. The van der Waals surface area contributed by atoms with Crippen LogP contribution in [0.25, 0.3) is 17.2 Å². The Labute approximate surface area is 239 Å². The van der Waals surface area contributed by atoms with Gasteiger partial charge in [0.05, 0.1) is 0 Å². The first kappa shape index (κ1) is 30.0. The van der Waals surface area contributed by atoms with Crippen LogP contribution in [-0.4, -0.2) is 30.3 Å². The Bertz CT molecular complexity index is 1230. The van der Waals surface area contributed by atoms with E-state index in [1.807, 2.05) is 79.5 Å². The number of hydrogen-bond acceptors (Lipinski definition) is 5. The molecule has 0 bridgehead atoms. The molecule has 0 aliphatic heterocycles. The van der Waals surface area contributed by atoms with Gasteiger partial charge in [0.25, 0.3) is 0 Å². The molecule has 3 aromatic rings. The Balaban J connectivity index is 1.75. The summed E-state index contributed by atoms with van der Waals surface area (Å²) in [5.74, 6) is -0.0914. The third-order valence-electron chi connectivity index (χ3n) is 5.77. The van der Waals surface area contributed by atoms with Crippen molar-refractivity contribution in [1.82, 2.24) is 5.32 Å². The lowest BCUT2D eigenvalue weighted by molar-refractivity contribution is -0.150. The lowest BCUT2D eigenvalue weighted by Gasteiger charge is -2.26. The van der Waals surface area contributed by atoms with Gasteiger partial charge in [0, 0.05) is 0 Å². The van der Waals surface area contributed by atoms with E-state index >= 15 is 0 Å². The molecule has 0 radical (unpaired) electrons. The fraction of sp³-hybridized carbons (Fsp3) is 0.312. The van der Waals surface area contributed by atoms with Gasteiger partial charge >= 0.3 is 12.1 Å². The highest BCUT2D eigenvalue weighted by molar-refractivity contribution is 9.11. The number of ether oxygens (including phenoxy) is 3. The number of carbonyl (C=O) groups excluding carboxylic acids is 2. The van der Waals surface area contributed by atoms with Gasteiger partial charge in [0.15, 0.2) is 6.10 Å². The van der Waals surface area contributed by atoms with E-state index in [-0.39, 0.29) is 12.5 Å². The zero-order chi connectivity index (χ0) is 28.4. The van der Waals surface area contributed by atoms with Crippen LogP contribution in [0.5, 0.6) is 5.75 Å². The minimum atomic E-state index is -0.859. The average molecular weight is 595 g/mol. The van der Waals surface area contributed by atoms with Gasteiger partial charge in [-0.25, -0.2) is 9.59 Å².